The summed E-state index contributed by atoms with van der Waals surface area (Å²) in [6, 6.07) is 9.73. The molecule has 1 aromatic heterocycles. The molecule has 1 saturated carbocycles. The number of carbonyl (C=O) groups is 2. The lowest BCUT2D eigenvalue weighted by molar-refractivity contribution is -0.134. The Balaban J connectivity index is 1.32. The third-order valence-electron chi connectivity index (χ3n) is 4.99. The third-order valence-corrected chi connectivity index (χ3v) is 5.99. The summed E-state index contributed by atoms with van der Waals surface area (Å²) in [7, 11) is 0. The molecule has 2 amide bonds. The van der Waals surface area contributed by atoms with Gasteiger partial charge in [0.05, 0.1) is 0 Å². The van der Waals surface area contributed by atoms with Crippen molar-refractivity contribution in [1.82, 2.24) is 9.80 Å². The number of halogens is 1. The Hall–Kier alpha value is -2.21. The summed E-state index contributed by atoms with van der Waals surface area (Å²) in [4.78, 5) is 30.0. The first-order valence-electron chi connectivity index (χ1n) is 8.50. The van der Waals surface area contributed by atoms with Crippen molar-refractivity contribution in [2.45, 2.75) is 12.3 Å². The molecule has 2 aromatic rings. The van der Waals surface area contributed by atoms with Crippen molar-refractivity contribution in [3.05, 3.63) is 58.0 Å². The predicted octanol–water partition coefficient (Wildman–Crippen LogP) is 2.98. The van der Waals surface area contributed by atoms with Gasteiger partial charge in [-0.2, -0.15) is 0 Å². The minimum atomic E-state index is -0.350. The molecule has 0 N–H and O–H groups in total. The minimum absolute atomic E-state index is 0.102. The highest BCUT2D eigenvalue weighted by atomic mass is 32.1. The molecule has 2 atom stereocenters. The molecule has 0 radical (unpaired) electrons. The van der Waals surface area contributed by atoms with Crippen molar-refractivity contribution >= 4 is 23.2 Å². The Bertz CT molecular complexity index is 767. The van der Waals surface area contributed by atoms with Gasteiger partial charge in [-0.1, -0.05) is 6.07 Å². The Morgan fingerprint density at radius 1 is 1.00 bits per heavy atom. The maximum atomic E-state index is 13.0. The second kappa shape index (κ2) is 6.59. The molecule has 2 heterocycles. The molecule has 1 aliphatic heterocycles. The molecule has 4 rings (SSSR count). The van der Waals surface area contributed by atoms with Crippen molar-refractivity contribution in [2.24, 2.45) is 5.92 Å². The molecule has 0 spiro atoms. The van der Waals surface area contributed by atoms with Gasteiger partial charge >= 0.3 is 0 Å². The van der Waals surface area contributed by atoms with Crippen molar-refractivity contribution in [1.29, 1.82) is 0 Å². The van der Waals surface area contributed by atoms with Crippen molar-refractivity contribution in [3.8, 4) is 0 Å². The Labute approximate surface area is 149 Å². The SMILES string of the molecule is O=C(c1ccc(F)cc1)N1CCN(C(=O)C2CC2c2cccs2)CC1. The third kappa shape index (κ3) is 3.31. The van der Waals surface area contributed by atoms with Crippen LogP contribution in [0.25, 0.3) is 0 Å². The van der Waals surface area contributed by atoms with E-state index in [0.717, 1.165) is 6.42 Å². The molecule has 6 heteroatoms. The number of benzene rings is 1. The van der Waals surface area contributed by atoms with Gasteiger partial charge < -0.3 is 9.80 Å². The quantitative estimate of drug-likeness (QED) is 0.846. The Morgan fingerprint density at radius 3 is 2.32 bits per heavy atom. The molecular formula is C19H19FN2O2S. The average molecular weight is 358 g/mol. The standard InChI is InChI=1S/C19H19FN2O2S/c20-14-5-3-13(4-6-14)18(23)21-7-9-22(10-8-21)19(24)16-12-15(16)17-2-1-11-25-17/h1-6,11,15-16H,7-10,12H2. The molecule has 1 aromatic carbocycles. The smallest absolute Gasteiger partial charge is 0.253 e. The highest BCUT2D eigenvalue weighted by molar-refractivity contribution is 7.10. The molecule has 2 aliphatic rings. The first kappa shape index (κ1) is 16.3. The fraction of sp³-hybridized carbons (Fsp3) is 0.368. The van der Waals surface area contributed by atoms with Gasteiger partial charge in [0.1, 0.15) is 5.82 Å². The molecular weight excluding hydrogens is 339 g/mol. The van der Waals surface area contributed by atoms with Crippen LogP contribution in [0, 0.1) is 11.7 Å². The molecule has 1 saturated heterocycles. The fourth-order valence-electron chi connectivity index (χ4n) is 3.42. The number of rotatable bonds is 3. The molecule has 0 bridgehead atoms. The van der Waals surface area contributed by atoms with Gasteiger partial charge in [0.15, 0.2) is 0 Å². The monoisotopic (exact) mass is 358 g/mol. The zero-order chi connectivity index (χ0) is 17.4. The van der Waals surface area contributed by atoms with Crippen molar-refractivity contribution in [2.75, 3.05) is 26.2 Å². The van der Waals surface area contributed by atoms with Gasteiger partial charge in [0.25, 0.3) is 5.91 Å². The largest absolute Gasteiger partial charge is 0.339 e. The van der Waals surface area contributed by atoms with Crippen LogP contribution in [0.4, 0.5) is 4.39 Å². The second-order valence-electron chi connectivity index (χ2n) is 6.59. The van der Waals surface area contributed by atoms with Gasteiger partial charge in [-0.25, -0.2) is 4.39 Å². The van der Waals surface area contributed by atoms with E-state index in [0.29, 0.717) is 37.7 Å². The van der Waals surface area contributed by atoms with E-state index in [1.54, 1.807) is 16.2 Å². The van der Waals surface area contributed by atoms with Crippen LogP contribution in [0.2, 0.25) is 0 Å². The van der Waals surface area contributed by atoms with Crippen molar-refractivity contribution < 1.29 is 14.0 Å². The van der Waals surface area contributed by atoms with Crippen LogP contribution in [0.5, 0.6) is 0 Å². The zero-order valence-corrected chi connectivity index (χ0v) is 14.5. The van der Waals surface area contributed by atoms with E-state index in [-0.39, 0.29) is 23.5 Å². The molecule has 1 aliphatic carbocycles. The molecule has 2 unspecified atom stereocenters. The summed E-state index contributed by atoms with van der Waals surface area (Å²) < 4.78 is 13.0. The molecule has 4 nitrogen and oxygen atoms in total. The van der Waals surface area contributed by atoms with Gasteiger partial charge in [-0.3, -0.25) is 9.59 Å². The van der Waals surface area contributed by atoms with E-state index in [1.807, 2.05) is 11.0 Å². The number of amides is 2. The van der Waals surface area contributed by atoms with E-state index in [4.69, 9.17) is 0 Å². The summed E-state index contributed by atoms with van der Waals surface area (Å²) in [5.41, 5.74) is 0.487. The van der Waals surface area contributed by atoms with E-state index in [1.165, 1.54) is 29.1 Å². The summed E-state index contributed by atoms with van der Waals surface area (Å²) in [6.07, 6.45) is 0.939. The zero-order valence-electron chi connectivity index (χ0n) is 13.7. The lowest BCUT2D eigenvalue weighted by Crippen LogP contribution is -2.51. The maximum absolute atomic E-state index is 13.0. The van der Waals surface area contributed by atoms with Gasteiger partial charge in [0, 0.05) is 48.5 Å². The maximum Gasteiger partial charge on any atom is 0.253 e. The van der Waals surface area contributed by atoms with E-state index < -0.39 is 0 Å². The second-order valence-corrected chi connectivity index (χ2v) is 7.57. The van der Waals surface area contributed by atoms with Crippen LogP contribution in [-0.2, 0) is 4.79 Å². The fourth-order valence-corrected chi connectivity index (χ4v) is 4.33. The Morgan fingerprint density at radius 2 is 1.68 bits per heavy atom. The predicted molar refractivity (Wildman–Crippen MR) is 94.1 cm³/mol. The topological polar surface area (TPSA) is 40.6 Å². The van der Waals surface area contributed by atoms with Crippen LogP contribution in [0.1, 0.15) is 27.6 Å². The Kier molecular flexibility index (Phi) is 4.29. The first-order valence-corrected chi connectivity index (χ1v) is 9.38. The minimum Gasteiger partial charge on any atom is -0.339 e. The number of nitrogens with zero attached hydrogens (tertiary/aromatic N) is 2. The first-order chi connectivity index (χ1) is 12.1. The van der Waals surface area contributed by atoms with E-state index in [2.05, 4.69) is 11.4 Å². The lowest BCUT2D eigenvalue weighted by atomic mass is 10.1. The van der Waals surface area contributed by atoms with Crippen LogP contribution >= 0.6 is 11.3 Å². The molecule has 2 fully saturated rings. The van der Waals surface area contributed by atoms with E-state index in [9.17, 15) is 14.0 Å². The van der Waals surface area contributed by atoms with Crippen LogP contribution in [-0.4, -0.2) is 47.8 Å². The van der Waals surface area contributed by atoms with E-state index >= 15 is 0 Å². The van der Waals surface area contributed by atoms with Crippen molar-refractivity contribution in [3.63, 3.8) is 0 Å². The van der Waals surface area contributed by atoms with Crippen LogP contribution < -0.4 is 0 Å². The summed E-state index contributed by atoms with van der Waals surface area (Å²) in [6.45, 7) is 2.19. The molecule has 130 valence electrons. The number of carbonyl (C=O) groups excluding carboxylic acids is 2. The lowest BCUT2D eigenvalue weighted by Gasteiger charge is -2.35. The summed E-state index contributed by atoms with van der Waals surface area (Å²) >= 11 is 1.71. The highest BCUT2D eigenvalue weighted by Crippen LogP contribution is 2.50. The number of hydrogen-bond donors (Lipinski definition) is 0. The highest BCUT2D eigenvalue weighted by Gasteiger charge is 2.46. The summed E-state index contributed by atoms with van der Waals surface area (Å²) in [5, 5.41) is 2.05. The normalized spacial score (nSPS) is 22.8. The number of hydrogen-bond acceptors (Lipinski definition) is 3. The van der Waals surface area contributed by atoms with Gasteiger partial charge in [-0.05, 0) is 42.1 Å². The van der Waals surface area contributed by atoms with Crippen LogP contribution in [0.3, 0.4) is 0 Å². The molecule has 25 heavy (non-hydrogen) atoms. The van der Waals surface area contributed by atoms with Gasteiger partial charge in [0.2, 0.25) is 5.91 Å². The van der Waals surface area contributed by atoms with Gasteiger partial charge in [-0.15, -0.1) is 11.3 Å². The average Bonchev–Trinajstić information content (AvgIpc) is 3.26. The van der Waals surface area contributed by atoms with Crippen LogP contribution in [0.15, 0.2) is 41.8 Å². The summed E-state index contributed by atoms with van der Waals surface area (Å²) in [5.74, 6) is 0.253. The number of thiophene rings is 1. The number of piperazine rings is 1.